The summed E-state index contributed by atoms with van der Waals surface area (Å²) in [5.74, 6) is -3.99. The Morgan fingerprint density at radius 3 is 2.52 bits per heavy atom. The maximum Gasteiger partial charge on any atom is 0.410 e. The molecule has 1 fully saturated rings. The smallest absolute Gasteiger partial charge is 0.410 e. The maximum atomic E-state index is 16.8. The number of nitrogens with zero attached hydrogens (tertiary/aromatic N) is 3. The SMILES string of the molecule is Cc1ccnc(C(C)C)c1Oc1c(F)c(-c2c(O)cccc2F)c(Cl)c2c1C(=O)N1CCN(C(=O)OC(C)(C)C)C[C@H]1CO2. The lowest BCUT2D eigenvalue weighted by Crippen LogP contribution is -2.58. The number of halogens is 3. The number of carbonyl (C=O) groups is 2. The van der Waals surface area contributed by atoms with Gasteiger partial charge in [-0.3, -0.25) is 9.78 Å². The first-order valence-electron chi connectivity index (χ1n) is 14.3. The summed E-state index contributed by atoms with van der Waals surface area (Å²) in [5.41, 5.74) is -0.915. The van der Waals surface area contributed by atoms with E-state index in [0.29, 0.717) is 11.3 Å². The van der Waals surface area contributed by atoms with E-state index in [4.69, 9.17) is 25.8 Å². The molecule has 0 bridgehead atoms. The molecule has 1 N–H and O–H groups in total. The lowest BCUT2D eigenvalue weighted by Gasteiger charge is -2.40. The van der Waals surface area contributed by atoms with Gasteiger partial charge in [-0.15, -0.1) is 0 Å². The van der Waals surface area contributed by atoms with Gasteiger partial charge in [0.05, 0.1) is 27.9 Å². The topological polar surface area (TPSA) is 101 Å². The number of carbonyl (C=O) groups excluding carboxylic acids is 2. The van der Waals surface area contributed by atoms with Crippen molar-refractivity contribution in [1.82, 2.24) is 14.8 Å². The van der Waals surface area contributed by atoms with Gasteiger partial charge < -0.3 is 29.1 Å². The van der Waals surface area contributed by atoms with Crippen LogP contribution in [0.15, 0.2) is 30.5 Å². The maximum absolute atomic E-state index is 16.8. The van der Waals surface area contributed by atoms with Crippen LogP contribution in [0.1, 0.15) is 62.2 Å². The number of aromatic nitrogens is 1. The Morgan fingerprint density at radius 1 is 1.14 bits per heavy atom. The number of benzene rings is 2. The summed E-state index contributed by atoms with van der Waals surface area (Å²) in [5, 5.41) is 10.2. The van der Waals surface area contributed by atoms with E-state index < -0.39 is 62.9 Å². The highest BCUT2D eigenvalue weighted by atomic mass is 35.5. The number of amides is 2. The summed E-state index contributed by atoms with van der Waals surface area (Å²) in [6.45, 7) is 11.0. The molecule has 0 unspecified atom stereocenters. The lowest BCUT2D eigenvalue weighted by molar-refractivity contribution is 0.000919. The van der Waals surface area contributed by atoms with E-state index in [1.165, 1.54) is 21.9 Å². The first-order chi connectivity index (χ1) is 20.7. The molecule has 0 radical (unpaired) electrons. The fourth-order valence-corrected chi connectivity index (χ4v) is 5.67. The van der Waals surface area contributed by atoms with Crippen molar-refractivity contribution >= 4 is 23.6 Å². The molecule has 2 aliphatic rings. The molecule has 0 saturated carbocycles. The second-order valence-electron chi connectivity index (χ2n) is 12.2. The van der Waals surface area contributed by atoms with Crippen LogP contribution < -0.4 is 9.47 Å². The quantitative estimate of drug-likeness (QED) is 0.330. The van der Waals surface area contributed by atoms with E-state index in [0.717, 1.165) is 6.07 Å². The Kier molecular flexibility index (Phi) is 8.37. The highest BCUT2D eigenvalue weighted by molar-refractivity contribution is 6.36. The normalized spacial score (nSPS) is 16.7. The molecule has 5 rings (SSSR count). The molecule has 9 nitrogen and oxygen atoms in total. The molecule has 2 aromatic carbocycles. The van der Waals surface area contributed by atoms with Gasteiger partial charge in [-0.2, -0.15) is 0 Å². The van der Waals surface area contributed by atoms with Crippen molar-refractivity contribution < 1.29 is 37.7 Å². The Bertz CT molecular complexity index is 1620. The first kappa shape index (κ1) is 31.3. The molecule has 44 heavy (non-hydrogen) atoms. The van der Waals surface area contributed by atoms with Gasteiger partial charge in [0.15, 0.2) is 23.1 Å². The van der Waals surface area contributed by atoms with E-state index >= 15 is 8.78 Å². The van der Waals surface area contributed by atoms with Gasteiger partial charge in [0.1, 0.15) is 29.3 Å². The predicted molar refractivity (Wildman–Crippen MR) is 160 cm³/mol. The molecule has 1 saturated heterocycles. The highest BCUT2D eigenvalue weighted by Crippen LogP contribution is 2.51. The summed E-state index contributed by atoms with van der Waals surface area (Å²) in [4.78, 5) is 34.4. The average molecular weight is 630 g/mol. The average Bonchev–Trinajstić information content (AvgIpc) is 3.08. The summed E-state index contributed by atoms with van der Waals surface area (Å²) in [6.07, 6.45) is 1.06. The fourth-order valence-electron chi connectivity index (χ4n) is 5.34. The number of phenolic OH excluding ortho intramolecular Hbond substituents is 1. The number of ether oxygens (including phenoxy) is 3. The van der Waals surface area contributed by atoms with E-state index in [-0.39, 0.29) is 49.2 Å². The Hall–Kier alpha value is -4.12. The third-order valence-corrected chi connectivity index (χ3v) is 7.80. The summed E-state index contributed by atoms with van der Waals surface area (Å²) in [7, 11) is 0. The molecule has 12 heteroatoms. The van der Waals surface area contributed by atoms with Crippen molar-refractivity contribution in [2.24, 2.45) is 0 Å². The van der Waals surface area contributed by atoms with Gasteiger partial charge in [0.2, 0.25) is 0 Å². The molecule has 0 aliphatic carbocycles. The zero-order valence-corrected chi connectivity index (χ0v) is 26.1. The fraction of sp³-hybridized carbons (Fsp3) is 0.406. The van der Waals surface area contributed by atoms with Crippen LogP contribution in [0, 0.1) is 18.6 Å². The van der Waals surface area contributed by atoms with Crippen LogP contribution in [-0.4, -0.2) is 69.8 Å². The highest BCUT2D eigenvalue weighted by Gasteiger charge is 2.42. The van der Waals surface area contributed by atoms with Gasteiger partial charge in [-0.25, -0.2) is 13.6 Å². The standard InChI is InChI=1S/C32H34ClF2N3O6/c1-16(2)26-27(17(3)10-11-36-26)43-29-23-28(24(33)22(25(29)35)21-19(34)8-7-9-20(21)39)42-15-18-14-37(12-13-38(18)30(23)40)31(41)44-32(4,5)6/h7-11,16,18,39H,12-15H2,1-6H3/t18-/m0/s1. The third-order valence-electron chi connectivity index (χ3n) is 7.44. The molecule has 2 aliphatic heterocycles. The number of fused-ring (bicyclic) bond motifs is 2. The van der Waals surface area contributed by atoms with Crippen LogP contribution >= 0.6 is 11.6 Å². The number of hydrogen-bond acceptors (Lipinski definition) is 7. The number of phenols is 1. The van der Waals surface area contributed by atoms with E-state index in [1.54, 1.807) is 40.0 Å². The number of aryl methyl sites for hydroxylation is 1. The van der Waals surface area contributed by atoms with Gasteiger partial charge in [-0.1, -0.05) is 31.5 Å². The van der Waals surface area contributed by atoms with E-state index in [2.05, 4.69) is 4.98 Å². The van der Waals surface area contributed by atoms with E-state index in [1.807, 2.05) is 13.8 Å². The molecule has 3 heterocycles. The largest absolute Gasteiger partial charge is 0.507 e. The van der Waals surface area contributed by atoms with Crippen molar-refractivity contribution in [2.75, 3.05) is 26.2 Å². The minimum atomic E-state index is -1.16. The summed E-state index contributed by atoms with van der Waals surface area (Å²) >= 11 is 6.72. The molecule has 0 spiro atoms. The van der Waals surface area contributed by atoms with Crippen LogP contribution in [0.25, 0.3) is 11.1 Å². The molecular formula is C32H34ClF2N3O6. The van der Waals surface area contributed by atoms with Crippen molar-refractivity contribution in [3.05, 3.63) is 63.9 Å². The summed E-state index contributed by atoms with van der Waals surface area (Å²) < 4.78 is 49.8. The monoisotopic (exact) mass is 629 g/mol. The van der Waals surface area contributed by atoms with Crippen molar-refractivity contribution in [2.45, 2.75) is 59.1 Å². The van der Waals surface area contributed by atoms with Gasteiger partial charge in [-0.05, 0) is 57.4 Å². The van der Waals surface area contributed by atoms with Crippen LogP contribution in [-0.2, 0) is 4.74 Å². The van der Waals surface area contributed by atoms with Crippen molar-refractivity contribution in [3.63, 3.8) is 0 Å². The van der Waals surface area contributed by atoms with Gasteiger partial charge >= 0.3 is 6.09 Å². The second kappa shape index (κ2) is 11.8. The van der Waals surface area contributed by atoms with Crippen molar-refractivity contribution in [1.29, 1.82) is 0 Å². The van der Waals surface area contributed by atoms with Crippen LogP contribution in [0.4, 0.5) is 13.6 Å². The molecule has 1 aromatic heterocycles. The van der Waals surface area contributed by atoms with E-state index in [9.17, 15) is 14.7 Å². The molecular weight excluding hydrogens is 596 g/mol. The molecule has 3 aromatic rings. The Morgan fingerprint density at radius 2 is 1.86 bits per heavy atom. The minimum absolute atomic E-state index is 0.0884. The van der Waals surface area contributed by atoms with Crippen LogP contribution in [0.2, 0.25) is 5.02 Å². The van der Waals surface area contributed by atoms with Gasteiger partial charge in [0.25, 0.3) is 5.91 Å². The minimum Gasteiger partial charge on any atom is -0.507 e. The van der Waals surface area contributed by atoms with Gasteiger partial charge in [0, 0.05) is 25.8 Å². The van der Waals surface area contributed by atoms with Crippen LogP contribution in [0.3, 0.4) is 0 Å². The lowest BCUT2D eigenvalue weighted by atomic mass is 9.98. The molecule has 2 amide bonds. The number of aromatic hydroxyl groups is 1. The Balaban J connectivity index is 1.68. The zero-order valence-electron chi connectivity index (χ0n) is 25.3. The van der Waals surface area contributed by atoms with Crippen LogP contribution in [0.5, 0.6) is 23.0 Å². The number of hydrogen-bond donors (Lipinski definition) is 1. The number of rotatable bonds is 4. The predicted octanol–water partition coefficient (Wildman–Crippen LogP) is 7.06. The number of pyridine rings is 1. The zero-order chi connectivity index (χ0) is 32.1. The third kappa shape index (κ3) is 5.72. The molecule has 234 valence electrons. The first-order valence-corrected chi connectivity index (χ1v) is 14.6. The van der Waals surface area contributed by atoms with Crippen molar-refractivity contribution in [3.8, 4) is 34.1 Å². The Labute approximate surface area is 259 Å². The molecule has 1 atom stereocenters. The second-order valence-corrected chi connectivity index (χ2v) is 12.5. The summed E-state index contributed by atoms with van der Waals surface area (Å²) in [6, 6.07) is 4.56. The number of piperazine rings is 1.